The van der Waals surface area contributed by atoms with Crippen molar-refractivity contribution in [2.45, 2.75) is 143 Å². The van der Waals surface area contributed by atoms with E-state index in [1.807, 2.05) is 0 Å². The second-order valence-electron chi connectivity index (χ2n) is 10.6. The molecule has 2 heteroatoms. The Bertz CT molecular complexity index is 732. The van der Waals surface area contributed by atoms with E-state index in [1.165, 1.54) is 101 Å². The second kappa shape index (κ2) is 19.2. The van der Waals surface area contributed by atoms with Crippen LogP contribution in [0, 0.1) is 0 Å². The van der Waals surface area contributed by atoms with Gasteiger partial charge in [0, 0.05) is 0 Å². The summed E-state index contributed by atoms with van der Waals surface area (Å²) in [7, 11) is 0. The minimum atomic E-state index is -0.0215. The van der Waals surface area contributed by atoms with Gasteiger partial charge in [-0.2, -0.15) is 0 Å². The quantitative estimate of drug-likeness (QED) is 0.161. The summed E-state index contributed by atoms with van der Waals surface area (Å²) in [6.07, 6.45) is 20.8. The van der Waals surface area contributed by atoms with Crippen molar-refractivity contribution in [3.8, 4) is 11.5 Å². The van der Waals surface area contributed by atoms with E-state index in [4.69, 9.17) is 9.47 Å². The number of hydrogen-bond donors (Lipinski definition) is 0. The molecule has 0 saturated heterocycles. The maximum absolute atomic E-state index is 6.45. The first kappa shape index (κ1) is 30.3. The molecule has 0 spiro atoms. The van der Waals surface area contributed by atoms with Gasteiger partial charge in [-0.3, -0.25) is 0 Å². The van der Waals surface area contributed by atoms with E-state index in [-0.39, 0.29) is 12.2 Å². The topological polar surface area (TPSA) is 18.5 Å². The molecule has 0 heterocycles. The van der Waals surface area contributed by atoms with Crippen LogP contribution < -0.4 is 9.47 Å². The Morgan fingerprint density at radius 1 is 0.472 bits per heavy atom. The molecule has 0 saturated carbocycles. The monoisotopic (exact) mass is 494 g/mol. The van der Waals surface area contributed by atoms with Crippen LogP contribution in [0.15, 0.2) is 48.5 Å². The third-order valence-corrected chi connectivity index (χ3v) is 7.33. The molecule has 0 aromatic heterocycles. The molecule has 2 unspecified atom stereocenters. The summed E-state index contributed by atoms with van der Waals surface area (Å²) in [4.78, 5) is 0. The normalized spacial score (nSPS) is 12.9. The zero-order chi connectivity index (χ0) is 25.8. The molecule has 2 nitrogen and oxygen atoms in total. The number of unbranched alkanes of at least 4 members (excludes halogenated alkanes) is 12. The number of para-hydroxylation sites is 2. The van der Waals surface area contributed by atoms with Gasteiger partial charge in [-0.25, -0.2) is 0 Å². The van der Waals surface area contributed by atoms with Gasteiger partial charge in [0.2, 0.25) is 0 Å². The van der Waals surface area contributed by atoms with Gasteiger partial charge in [0.1, 0.15) is 23.7 Å². The lowest BCUT2D eigenvalue weighted by molar-refractivity contribution is 0.0765. The standard InChI is InChI=1S/C34H54O2/c1-5-7-9-11-13-15-17-23-31-25-19-21-27-33(31)35-29(3)30(4)36-34-28-22-20-26-32(34)24-18-16-14-12-10-8-6-2/h19-22,25-30H,5-18,23-24H2,1-4H3. The number of rotatable bonds is 21. The maximum Gasteiger partial charge on any atom is 0.132 e. The van der Waals surface area contributed by atoms with Crippen LogP contribution in [0.1, 0.15) is 129 Å². The van der Waals surface area contributed by atoms with E-state index in [0.717, 1.165) is 24.3 Å². The third-order valence-electron chi connectivity index (χ3n) is 7.33. The molecule has 202 valence electrons. The number of benzene rings is 2. The van der Waals surface area contributed by atoms with Gasteiger partial charge in [-0.1, -0.05) is 127 Å². The van der Waals surface area contributed by atoms with E-state index < -0.39 is 0 Å². The molecule has 2 atom stereocenters. The molecule has 0 fully saturated rings. The lowest BCUT2D eigenvalue weighted by Gasteiger charge is -2.25. The highest BCUT2D eigenvalue weighted by Gasteiger charge is 2.18. The Labute approximate surface area is 223 Å². The van der Waals surface area contributed by atoms with Crippen LogP contribution in [0.2, 0.25) is 0 Å². The van der Waals surface area contributed by atoms with Crippen LogP contribution in [0.25, 0.3) is 0 Å². The van der Waals surface area contributed by atoms with Crippen molar-refractivity contribution in [3.63, 3.8) is 0 Å². The Morgan fingerprint density at radius 3 is 1.19 bits per heavy atom. The fourth-order valence-electron chi connectivity index (χ4n) is 4.79. The van der Waals surface area contributed by atoms with Crippen molar-refractivity contribution in [2.75, 3.05) is 0 Å². The zero-order valence-electron chi connectivity index (χ0n) is 23.9. The molecule has 0 amide bonds. The van der Waals surface area contributed by atoms with Crippen LogP contribution in [-0.4, -0.2) is 12.2 Å². The summed E-state index contributed by atoms with van der Waals surface area (Å²) in [5.41, 5.74) is 2.65. The second-order valence-corrected chi connectivity index (χ2v) is 10.6. The van der Waals surface area contributed by atoms with Crippen LogP contribution in [0.3, 0.4) is 0 Å². The molecule has 2 rings (SSSR count). The van der Waals surface area contributed by atoms with Gasteiger partial charge in [-0.05, 0) is 62.8 Å². The molecular formula is C34H54O2. The third kappa shape index (κ3) is 12.3. The molecule has 0 bridgehead atoms. The molecule has 0 radical (unpaired) electrons. The van der Waals surface area contributed by atoms with Gasteiger partial charge < -0.3 is 9.47 Å². The molecule has 2 aromatic carbocycles. The number of hydrogen-bond acceptors (Lipinski definition) is 2. The van der Waals surface area contributed by atoms with Crippen molar-refractivity contribution in [2.24, 2.45) is 0 Å². The van der Waals surface area contributed by atoms with Crippen LogP contribution >= 0.6 is 0 Å². The highest BCUT2D eigenvalue weighted by Crippen LogP contribution is 2.26. The summed E-state index contributed by atoms with van der Waals surface area (Å²) in [6, 6.07) is 17.1. The lowest BCUT2D eigenvalue weighted by Crippen LogP contribution is -2.31. The van der Waals surface area contributed by atoms with Crippen molar-refractivity contribution in [3.05, 3.63) is 59.7 Å². The van der Waals surface area contributed by atoms with Crippen LogP contribution in [0.4, 0.5) is 0 Å². The Kier molecular flexibility index (Phi) is 16.1. The Morgan fingerprint density at radius 2 is 0.806 bits per heavy atom. The van der Waals surface area contributed by atoms with Crippen molar-refractivity contribution in [1.82, 2.24) is 0 Å². The Balaban J connectivity index is 1.80. The summed E-state index contributed by atoms with van der Waals surface area (Å²) >= 11 is 0. The lowest BCUT2D eigenvalue weighted by atomic mass is 10.0. The van der Waals surface area contributed by atoms with E-state index >= 15 is 0 Å². The first-order valence-electron chi connectivity index (χ1n) is 15.1. The fourth-order valence-corrected chi connectivity index (χ4v) is 4.79. The molecule has 0 aliphatic heterocycles. The van der Waals surface area contributed by atoms with Crippen LogP contribution in [-0.2, 0) is 12.8 Å². The summed E-state index contributed by atoms with van der Waals surface area (Å²) in [5.74, 6) is 2.03. The van der Waals surface area contributed by atoms with Crippen molar-refractivity contribution >= 4 is 0 Å². The minimum absolute atomic E-state index is 0.0215. The van der Waals surface area contributed by atoms with Crippen molar-refractivity contribution in [1.29, 1.82) is 0 Å². The predicted molar refractivity (Wildman–Crippen MR) is 156 cm³/mol. The van der Waals surface area contributed by atoms with Crippen LogP contribution in [0.5, 0.6) is 11.5 Å². The molecule has 2 aromatic rings. The molecule has 36 heavy (non-hydrogen) atoms. The van der Waals surface area contributed by atoms with Gasteiger partial charge in [-0.15, -0.1) is 0 Å². The molecule has 0 aliphatic carbocycles. The van der Waals surface area contributed by atoms with E-state index in [2.05, 4.69) is 76.2 Å². The largest absolute Gasteiger partial charge is 0.487 e. The van der Waals surface area contributed by atoms with Gasteiger partial charge >= 0.3 is 0 Å². The van der Waals surface area contributed by atoms with E-state index in [0.29, 0.717) is 0 Å². The summed E-state index contributed by atoms with van der Waals surface area (Å²) < 4.78 is 12.9. The van der Waals surface area contributed by atoms with Gasteiger partial charge in [0.15, 0.2) is 0 Å². The molecule has 0 aliphatic rings. The fraction of sp³-hybridized carbons (Fsp3) is 0.647. The van der Waals surface area contributed by atoms with E-state index in [1.54, 1.807) is 0 Å². The number of aryl methyl sites for hydroxylation is 2. The molecular weight excluding hydrogens is 440 g/mol. The first-order valence-corrected chi connectivity index (χ1v) is 15.1. The zero-order valence-corrected chi connectivity index (χ0v) is 23.9. The van der Waals surface area contributed by atoms with Gasteiger partial charge in [0.05, 0.1) is 0 Å². The predicted octanol–water partition coefficient (Wildman–Crippen LogP) is 10.5. The maximum atomic E-state index is 6.45. The van der Waals surface area contributed by atoms with Gasteiger partial charge in [0.25, 0.3) is 0 Å². The van der Waals surface area contributed by atoms with E-state index in [9.17, 15) is 0 Å². The number of ether oxygens (including phenoxy) is 2. The average Bonchev–Trinajstić information content (AvgIpc) is 2.89. The minimum Gasteiger partial charge on any atom is -0.487 e. The Hall–Kier alpha value is -1.96. The summed E-state index contributed by atoms with van der Waals surface area (Å²) in [6.45, 7) is 8.82. The highest BCUT2D eigenvalue weighted by atomic mass is 16.5. The summed E-state index contributed by atoms with van der Waals surface area (Å²) in [5, 5.41) is 0. The first-order chi connectivity index (χ1) is 17.7. The molecule has 0 N–H and O–H groups in total. The average molecular weight is 495 g/mol. The smallest absolute Gasteiger partial charge is 0.132 e. The van der Waals surface area contributed by atoms with Crippen molar-refractivity contribution < 1.29 is 9.47 Å². The highest BCUT2D eigenvalue weighted by molar-refractivity contribution is 5.35. The SMILES string of the molecule is CCCCCCCCCc1ccccc1OC(C)C(C)Oc1ccccc1CCCCCCCCC.